The first-order valence-electron chi connectivity index (χ1n) is 5.66. The average molecular weight is 261 g/mol. The lowest BCUT2D eigenvalue weighted by molar-refractivity contribution is 0.815. The van der Waals surface area contributed by atoms with Gasteiger partial charge in [-0.2, -0.15) is 0 Å². The molecule has 0 aliphatic rings. The Morgan fingerprint density at radius 3 is 2.89 bits per heavy atom. The summed E-state index contributed by atoms with van der Waals surface area (Å²) in [6.07, 6.45) is 1.52. The second kappa shape index (κ2) is 5.84. The Kier molecular flexibility index (Phi) is 4.17. The van der Waals surface area contributed by atoms with Crippen molar-refractivity contribution in [1.29, 1.82) is 0 Å². The summed E-state index contributed by atoms with van der Waals surface area (Å²) in [5.41, 5.74) is 2.30. The third kappa shape index (κ3) is 3.21. The lowest BCUT2D eigenvalue weighted by Gasteiger charge is -2.07. The third-order valence-electron chi connectivity index (χ3n) is 2.47. The van der Waals surface area contributed by atoms with E-state index in [1.54, 1.807) is 0 Å². The largest absolute Gasteiger partial charge is 0.316 e. The molecule has 0 atom stereocenters. The van der Waals surface area contributed by atoms with Crippen molar-refractivity contribution in [3.05, 3.63) is 51.9 Å². The summed E-state index contributed by atoms with van der Waals surface area (Å²) in [6, 6.07) is 7.68. The van der Waals surface area contributed by atoms with Crippen molar-refractivity contribution < 1.29 is 0 Å². The van der Waals surface area contributed by atoms with Crippen LogP contribution < -0.4 is 10.9 Å². The van der Waals surface area contributed by atoms with Crippen LogP contribution in [0.4, 0.5) is 0 Å². The summed E-state index contributed by atoms with van der Waals surface area (Å²) in [5.74, 6) is 0. The summed E-state index contributed by atoms with van der Waals surface area (Å²) in [6.45, 7) is 2.91. The van der Waals surface area contributed by atoms with Gasteiger partial charge in [0.05, 0.1) is 0 Å². The van der Waals surface area contributed by atoms with Crippen LogP contribution in [-0.2, 0) is 6.54 Å². The summed E-state index contributed by atoms with van der Waals surface area (Å²) in [7, 11) is 1.93. The van der Waals surface area contributed by atoms with E-state index in [9.17, 15) is 4.79 Å². The number of hydrogen-bond donors (Lipinski definition) is 2. The number of aromatic amines is 1. The molecule has 94 valence electrons. The minimum absolute atomic E-state index is 0.128. The lowest BCUT2D eigenvalue weighted by Crippen LogP contribution is -2.06. The zero-order chi connectivity index (χ0) is 13.0. The molecule has 0 saturated carbocycles. The standard InChI is InChI=1S/C13H15N3OS/c1-9-7-10(8-14-2)3-4-11(9)18-13-15-6-5-12(17)16-13/h3-7,14H,8H2,1-2H3,(H,15,16,17). The number of H-pyrrole nitrogens is 1. The summed E-state index contributed by atoms with van der Waals surface area (Å²) >= 11 is 1.47. The van der Waals surface area contributed by atoms with Crippen LogP contribution >= 0.6 is 11.8 Å². The molecule has 0 aliphatic carbocycles. The zero-order valence-corrected chi connectivity index (χ0v) is 11.2. The van der Waals surface area contributed by atoms with E-state index in [1.807, 2.05) is 7.05 Å². The van der Waals surface area contributed by atoms with Gasteiger partial charge in [-0.15, -0.1) is 0 Å². The van der Waals surface area contributed by atoms with Gasteiger partial charge < -0.3 is 10.3 Å². The predicted molar refractivity (Wildman–Crippen MR) is 72.9 cm³/mol. The minimum Gasteiger partial charge on any atom is -0.316 e. The van der Waals surface area contributed by atoms with Crippen molar-refractivity contribution in [2.24, 2.45) is 0 Å². The van der Waals surface area contributed by atoms with Crippen LogP contribution in [0.15, 0.2) is 45.3 Å². The fourth-order valence-electron chi connectivity index (χ4n) is 1.65. The minimum atomic E-state index is -0.128. The summed E-state index contributed by atoms with van der Waals surface area (Å²) in [5, 5.41) is 3.74. The molecule has 1 aromatic heterocycles. The van der Waals surface area contributed by atoms with Gasteiger partial charge in [0.2, 0.25) is 0 Å². The molecule has 2 N–H and O–H groups in total. The molecule has 0 spiro atoms. The molecule has 0 bridgehead atoms. The zero-order valence-electron chi connectivity index (χ0n) is 10.4. The van der Waals surface area contributed by atoms with Gasteiger partial charge in [-0.1, -0.05) is 23.9 Å². The number of aryl methyl sites for hydroxylation is 1. The Morgan fingerprint density at radius 2 is 2.22 bits per heavy atom. The SMILES string of the molecule is CNCc1ccc(Sc2nccc(=O)[nH]2)c(C)c1. The van der Waals surface area contributed by atoms with Crippen LogP contribution in [0, 0.1) is 6.92 Å². The van der Waals surface area contributed by atoms with Crippen molar-refractivity contribution in [2.75, 3.05) is 7.05 Å². The maximum Gasteiger partial charge on any atom is 0.251 e. The highest BCUT2D eigenvalue weighted by Crippen LogP contribution is 2.27. The van der Waals surface area contributed by atoms with Crippen LogP contribution in [-0.4, -0.2) is 17.0 Å². The van der Waals surface area contributed by atoms with Gasteiger partial charge >= 0.3 is 0 Å². The van der Waals surface area contributed by atoms with Crippen LogP contribution in [0.3, 0.4) is 0 Å². The number of nitrogens with zero attached hydrogens (tertiary/aromatic N) is 1. The molecule has 0 fully saturated rings. The molecule has 0 amide bonds. The topological polar surface area (TPSA) is 57.8 Å². The second-order valence-electron chi connectivity index (χ2n) is 3.97. The molecule has 2 aromatic rings. The van der Waals surface area contributed by atoms with E-state index in [0.29, 0.717) is 5.16 Å². The molecule has 1 aromatic carbocycles. The number of aromatic nitrogens is 2. The fourth-order valence-corrected chi connectivity index (χ4v) is 2.48. The highest BCUT2D eigenvalue weighted by Gasteiger charge is 2.04. The summed E-state index contributed by atoms with van der Waals surface area (Å²) < 4.78 is 0. The maximum atomic E-state index is 11.2. The van der Waals surface area contributed by atoms with Crippen molar-refractivity contribution in [3.63, 3.8) is 0 Å². The maximum absolute atomic E-state index is 11.2. The van der Waals surface area contributed by atoms with Crippen LogP contribution in [0.25, 0.3) is 0 Å². The van der Waals surface area contributed by atoms with E-state index in [2.05, 4.69) is 40.4 Å². The Labute approximate surface area is 110 Å². The Bertz CT molecular complexity index is 595. The molecule has 2 rings (SSSR count). The quantitative estimate of drug-likeness (QED) is 0.826. The molecule has 0 saturated heterocycles. The van der Waals surface area contributed by atoms with Gasteiger partial charge in [0.15, 0.2) is 5.16 Å². The predicted octanol–water partition coefficient (Wildman–Crippen LogP) is 1.95. The van der Waals surface area contributed by atoms with Gasteiger partial charge in [0.25, 0.3) is 5.56 Å². The van der Waals surface area contributed by atoms with E-state index in [0.717, 1.165) is 11.4 Å². The molecule has 4 nitrogen and oxygen atoms in total. The molecular weight excluding hydrogens is 246 g/mol. The Balaban J connectivity index is 2.22. The number of rotatable bonds is 4. The number of nitrogens with one attached hydrogen (secondary N) is 2. The van der Waals surface area contributed by atoms with E-state index >= 15 is 0 Å². The van der Waals surface area contributed by atoms with Crippen molar-refractivity contribution in [2.45, 2.75) is 23.5 Å². The van der Waals surface area contributed by atoms with Crippen LogP contribution in [0.2, 0.25) is 0 Å². The third-order valence-corrected chi connectivity index (χ3v) is 3.55. The van der Waals surface area contributed by atoms with Gasteiger partial charge in [0, 0.05) is 23.7 Å². The second-order valence-corrected chi connectivity index (χ2v) is 5.00. The number of hydrogen-bond acceptors (Lipinski definition) is 4. The normalized spacial score (nSPS) is 10.6. The number of benzene rings is 1. The van der Waals surface area contributed by atoms with Crippen LogP contribution in [0.5, 0.6) is 0 Å². The molecule has 5 heteroatoms. The molecule has 18 heavy (non-hydrogen) atoms. The Morgan fingerprint density at radius 1 is 1.39 bits per heavy atom. The highest BCUT2D eigenvalue weighted by molar-refractivity contribution is 7.99. The van der Waals surface area contributed by atoms with E-state index in [1.165, 1.54) is 35.2 Å². The lowest BCUT2D eigenvalue weighted by atomic mass is 10.1. The van der Waals surface area contributed by atoms with Crippen LogP contribution in [0.1, 0.15) is 11.1 Å². The highest BCUT2D eigenvalue weighted by atomic mass is 32.2. The van der Waals surface area contributed by atoms with Gasteiger partial charge in [-0.3, -0.25) is 4.79 Å². The van der Waals surface area contributed by atoms with E-state index < -0.39 is 0 Å². The smallest absolute Gasteiger partial charge is 0.251 e. The average Bonchev–Trinajstić information content (AvgIpc) is 2.33. The van der Waals surface area contributed by atoms with E-state index in [4.69, 9.17) is 0 Å². The molecule has 0 radical (unpaired) electrons. The fraction of sp³-hybridized carbons (Fsp3) is 0.231. The summed E-state index contributed by atoms with van der Waals surface area (Å²) in [4.78, 5) is 19.1. The van der Waals surface area contributed by atoms with Gasteiger partial charge in [-0.25, -0.2) is 4.98 Å². The first-order valence-corrected chi connectivity index (χ1v) is 6.48. The molecular formula is C13H15N3OS. The molecule has 1 heterocycles. The first kappa shape index (κ1) is 12.9. The Hall–Kier alpha value is -1.59. The van der Waals surface area contributed by atoms with Crippen molar-refractivity contribution in [3.8, 4) is 0 Å². The monoisotopic (exact) mass is 261 g/mol. The van der Waals surface area contributed by atoms with Crippen molar-refractivity contribution in [1.82, 2.24) is 15.3 Å². The molecule has 0 aliphatic heterocycles. The van der Waals surface area contributed by atoms with Gasteiger partial charge in [0.1, 0.15) is 0 Å². The molecule has 0 unspecified atom stereocenters. The van der Waals surface area contributed by atoms with E-state index in [-0.39, 0.29) is 5.56 Å². The first-order chi connectivity index (χ1) is 8.69. The van der Waals surface area contributed by atoms with Gasteiger partial charge in [-0.05, 0) is 31.2 Å². The van der Waals surface area contributed by atoms with Crippen molar-refractivity contribution >= 4 is 11.8 Å².